The summed E-state index contributed by atoms with van der Waals surface area (Å²) in [7, 11) is 0. The molecule has 2 amide bonds. The molecule has 1 aromatic heterocycles. The van der Waals surface area contributed by atoms with Crippen molar-refractivity contribution in [3.05, 3.63) is 23.8 Å². The minimum absolute atomic E-state index is 0.0208. The van der Waals surface area contributed by atoms with Crippen molar-refractivity contribution in [1.29, 1.82) is 0 Å². The third-order valence-electron chi connectivity index (χ3n) is 3.15. The Hall–Kier alpha value is -1.83. The van der Waals surface area contributed by atoms with Crippen molar-refractivity contribution < 1.29 is 14.7 Å². The molecule has 1 fully saturated rings. The van der Waals surface area contributed by atoms with Gasteiger partial charge in [0.15, 0.2) is 0 Å². The van der Waals surface area contributed by atoms with Gasteiger partial charge >= 0.3 is 12.0 Å². The van der Waals surface area contributed by atoms with Crippen molar-refractivity contribution in [2.24, 2.45) is 0 Å². The molecule has 1 aromatic rings. The maximum absolute atomic E-state index is 12.2. The monoisotopic (exact) mass is 310 g/mol. The van der Waals surface area contributed by atoms with Gasteiger partial charge in [-0.25, -0.2) is 14.8 Å². The Morgan fingerprint density at radius 2 is 2.38 bits per heavy atom. The number of urea groups is 1. The van der Waals surface area contributed by atoms with Gasteiger partial charge in [-0.05, 0) is 13.0 Å². The Labute approximate surface area is 127 Å². The van der Waals surface area contributed by atoms with Gasteiger partial charge < -0.3 is 15.3 Å². The van der Waals surface area contributed by atoms with Crippen molar-refractivity contribution >= 4 is 23.8 Å². The Bertz CT molecular complexity index is 526. The molecule has 7 nitrogen and oxygen atoms in total. The van der Waals surface area contributed by atoms with E-state index in [0.29, 0.717) is 24.7 Å². The lowest BCUT2D eigenvalue weighted by Crippen LogP contribution is -2.51. The highest BCUT2D eigenvalue weighted by Crippen LogP contribution is 2.19. The van der Waals surface area contributed by atoms with Crippen LogP contribution in [0.1, 0.15) is 17.9 Å². The summed E-state index contributed by atoms with van der Waals surface area (Å²) in [5.41, 5.74) is 0.733. The smallest absolute Gasteiger partial charge is 0.318 e. The maximum Gasteiger partial charge on any atom is 0.318 e. The van der Waals surface area contributed by atoms with Crippen LogP contribution in [0.25, 0.3) is 0 Å². The first-order chi connectivity index (χ1) is 10.1. The molecule has 0 aromatic carbocycles. The van der Waals surface area contributed by atoms with E-state index in [2.05, 4.69) is 15.3 Å². The number of thioether (sulfide) groups is 1. The van der Waals surface area contributed by atoms with Crippen molar-refractivity contribution in [1.82, 2.24) is 20.2 Å². The Morgan fingerprint density at radius 1 is 1.57 bits per heavy atom. The second kappa shape index (κ2) is 7.26. The van der Waals surface area contributed by atoms with E-state index in [0.717, 1.165) is 11.4 Å². The highest BCUT2D eigenvalue weighted by atomic mass is 32.2. The van der Waals surface area contributed by atoms with Gasteiger partial charge in [0.25, 0.3) is 0 Å². The predicted molar refractivity (Wildman–Crippen MR) is 79.1 cm³/mol. The molecular formula is C13H18N4O3S. The largest absolute Gasteiger partial charge is 0.481 e. The lowest BCUT2D eigenvalue weighted by Gasteiger charge is -2.34. The zero-order chi connectivity index (χ0) is 15.2. The number of amides is 2. The minimum Gasteiger partial charge on any atom is -0.481 e. The Morgan fingerprint density at radius 3 is 3.10 bits per heavy atom. The molecule has 2 heterocycles. The van der Waals surface area contributed by atoms with Gasteiger partial charge in [0.05, 0.1) is 24.7 Å². The number of hydrogen-bond donors (Lipinski definition) is 2. The molecule has 2 N–H and O–H groups in total. The Kier molecular flexibility index (Phi) is 5.38. The molecule has 2 rings (SSSR count). The molecule has 0 radical (unpaired) electrons. The van der Waals surface area contributed by atoms with Crippen LogP contribution >= 0.6 is 11.8 Å². The SMILES string of the molecule is Cc1nccc(CNC(=O)N2CCSCC2CC(=O)O)n1. The molecule has 0 spiro atoms. The molecule has 21 heavy (non-hydrogen) atoms. The number of carbonyl (C=O) groups is 2. The first kappa shape index (κ1) is 15.6. The average Bonchev–Trinajstić information content (AvgIpc) is 2.45. The van der Waals surface area contributed by atoms with Gasteiger partial charge in [0, 0.05) is 24.2 Å². The fourth-order valence-electron chi connectivity index (χ4n) is 2.16. The lowest BCUT2D eigenvalue weighted by atomic mass is 10.2. The van der Waals surface area contributed by atoms with Gasteiger partial charge in [-0.3, -0.25) is 4.79 Å². The van der Waals surface area contributed by atoms with E-state index in [1.165, 1.54) is 0 Å². The van der Waals surface area contributed by atoms with Crippen LogP contribution < -0.4 is 5.32 Å². The number of carbonyl (C=O) groups excluding carboxylic acids is 1. The third-order valence-corrected chi connectivity index (χ3v) is 4.24. The van der Waals surface area contributed by atoms with Crippen molar-refractivity contribution in [2.75, 3.05) is 18.1 Å². The topological polar surface area (TPSA) is 95.4 Å². The highest BCUT2D eigenvalue weighted by molar-refractivity contribution is 7.99. The second-order valence-electron chi connectivity index (χ2n) is 4.77. The average molecular weight is 310 g/mol. The molecule has 1 aliphatic rings. The highest BCUT2D eigenvalue weighted by Gasteiger charge is 2.28. The molecule has 8 heteroatoms. The normalized spacial score (nSPS) is 18.3. The zero-order valence-corrected chi connectivity index (χ0v) is 12.6. The van der Waals surface area contributed by atoms with E-state index in [9.17, 15) is 9.59 Å². The minimum atomic E-state index is -0.883. The molecule has 1 atom stereocenters. The van der Waals surface area contributed by atoms with Gasteiger partial charge in [0.2, 0.25) is 0 Å². The van der Waals surface area contributed by atoms with E-state index in [1.54, 1.807) is 35.8 Å². The molecule has 1 unspecified atom stereocenters. The van der Waals surface area contributed by atoms with Gasteiger partial charge in [-0.15, -0.1) is 0 Å². The number of hydrogen-bond acceptors (Lipinski definition) is 5. The fraction of sp³-hybridized carbons (Fsp3) is 0.538. The summed E-state index contributed by atoms with van der Waals surface area (Å²) in [4.78, 5) is 32.9. The first-order valence-electron chi connectivity index (χ1n) is 6.69. The summed E-state index contributed by atoms with van der Waals surface area (Å²) in [6.45, 7) is 2.67. The Balaban J connectivity index is 1.92. The van der Waals surface area contributed by atoms with E-state index in [4.69, 9.17) is 5.11 Å². The quantitative estimate of drug-likeness (QED) is 0.857. The number of aromatic nitrogens is 2. The fourth-order valence-corrected chi connectivity index (χ4v) is 3.23. The van der Waals surface area contributed by atoms with Crippen LogP contribution in [0.4, 0.5) is 4.79 Å². The molecule has 0 bridgehead atoms. The van der Waals surface area contributed by atoms with Crippen LogP contribution in [-0.2, 0) is 11.3 Å². The maximum atomic E-state index is 12.2. The summed E-state index contributed by atoms with van der Waals surface area (Å²) < 4.78 is 0. The zero-order valence-electron chi connectivity index (χ0n) is 11.8. The van der Waals surface area contributed by atoms with Crippen molar-refractivity contribution in [3.8, 4) is 0 Å². The molecule has 114 valence electrons. The van der Waals surface area contributed by atoms with Crippen LogP contribution in [0.3, 0.4) is 0 Å². The van der Waals surface area contributed by atoms with Crippen LogP contribution in [0.5, 0.6) is 0 Å². The number of rotatable bonds is 4. The van der Waals surface area contributed by atoms with Crippen molar-refractivity contribution in [3.63, 3.8) is 0 Å². The van der Waals surface area contributed by atoms with Crippen LogP contribution in [0.15, 0.2) is 12.3 Å². The second-order valence-corrected chi connectivity index (χ2v) is 5.92. The van der Waals surface area contributed by atoms with Crippen LogP contribution in [-0.4, -0.2) is 56.1 Å². The van der Waals surface area contributed by atoms with Crippen molar-refractivity contribution in [2.45, 2.75) is 25.9 Å². The number of aryl methyl sites for hydroxylation is 1. The predicted octanol–water partition coefficient (Wildman–Crippen LogP) is 0.887. The third kappa shape index (κ3) is 4.59. The summed E-state index contributed by atoms with van der Waals surface area (Å²) in [5.74, 6) is 1.26. The molecule has 0 saturated carbocycles. The summed E-state index contributed by atoms with van der Waals surface area (Å²) in [6, 6.07) is 1.25. The summed E-state index contributed by atoms with van der Waals surface area (Å²) in [5, 5.41) is 11.7. The number of aliphatic carboxylic acids is 1. The molecule has 1 aliphatic heterocycles. The standard InChI is InChI=1S/C13H18N4O3S/c1-9-14-3-2-10(16-9)7-15-13(20)17-4-5-21-8-11(17)6-12(18)19/h2-3,11H,4-8H2,1H3,(H,15,20)(H,18,19). The van der Waals surface area contributed by atoms with E-state index in [1.807, 2.05) is 0 Å². The van der Waals surface area contributed by atoms with E-state index in [-0.39, 0.29) is 18.5 Å². The van der Waals surface area contributed by atoms with Crippen LogP contribution in [0.2, 0.25) is 0 Å². The number of nitrogens with one attached hydrogen (secondary N) is 1. The summed E-state index contributed by atoms with van der Waals surface area (Å²) in [6.07, 6.45) is 1.63. The van der Waals surface area contributed by atoms with Gasteiger partial charge in [0.1, 0.15) is 5.82 Å². The molecular weight excluding hydrogens is 292 g/mol. The van der Waals surface area contributed by atoms with Gasteiger partial charge in [-0.1, -0.05) is 0 Å². The summed E-state index contributed by atoms with van der Waals surface area (Å²) >= 11 is 1.68. The number of carboxylic acids is 1. The molecule has 1 saturated heterocycles. The first-order valence-corrected chi connectivity index (χ1v) is 7.84. The molecule has 0 aliphatic carbocycles. The van der Waals surface area contributed by atoms with Gasteiger partial charge in [-0.2, -0.15) is 11.8 Å². The van der Waals surface area contributed by atoms with E-state index >= 15 is 0 Å². The number of nitrogens with zero attached hydrogens (tertiary/aromatic N) is 3. The van der Waals surface area contributed by atoms with Crippen LogP contribution in [0, 0.1) is 6.92 Å². The van der Waals surface area contributed by atoms with E-state index < -0.39 is 5.97 Å². The lowest BCUT2D eigenvalue weighted by molar-refractivity contribution is -0.138. The number of carboxylic acid groups (broad SMARTS) is 1.